The number of ether oxygens (including phenoxy) is 1. The number of hydrazine groups is 1. The summed E-state index contributed by atoms with van der Waals surface area (Å²) in [6.07, 6.45) is 5.49. The number of carbonyl (C=O) groups excluding carboxylic acids is 2. The molecule has 120 valence electrons. The van der Waals surface area contributed by atoms with Gasteiger partial charge in [0.1, 0.15) is 5.75 Å². The largest absolute Gasteiger partial charge is 0.484 e. The molecule has 7 heteroatoms. The summed E-state index contributed by atoms with van der Waals surface area (Å²) in [6, 6.07) is 6.96. The number of amides is 3. The molecule has 0 saturated heterocycles. The second-order valence-electron chi connectivity index (χ2n) is 5.22. The minimum atomic E-state index is -0.415. The van der Waals surface area contributed by atoms with Gasteiger partial charge in [-0.1, -0.05) is 35.2 Å². The first kappa shape index (κ1) is 16.6. The molecule has 1 aromatic rings. The molecule has 0 spiro atoms. The van der Waals surface area contributed by atoms with Crippen LogP contribution in [0.25, 0.3) is 0 Å². The van der Waals surface area contributed by atoms with Gasteiger partial charge in [-0.05, 0) is 37.1 Å². The average molecular weight is 370 g/mol. The maximum Gasteiger partial charge on any atom is 0.333 e. The van der Waals surface area contributed by atoms with Gasteiger partial charge in [0.2, 0.25) is 0 Å². The van der Waals surface area contributed by atoms with Crippen molar-refractivity contribution in [3.63, 3.8) is 0 Å². The van der Waals surface area contributed by atoms with Gasteiger partial charge in [-0.2, -0.15) is 0 Å². The summed E-state index contributed by atoms with van der Waals surface area (Å²) < 4.78 is 6.24. The van der Waals surface area contributed by atoms with Crippen LogP contribution in [0.4, 0.5) is 4.79 Å². The molecule has 2 rings (SSSR count). The quantitative estimate of drug-likeness (QED) is 0.713. The monoisotopic (exact) mass is 369 g/mol. The first-order valence-electron chi connectivity index (χ1n) is 7.37. The molecule has 3 N–H and O–H groups in total. The number of benzene rings is 1. The zero-order valence-corrected chi connectivity index (χ0v) is 13.8. The van der Waals surface area contributed by atoms with Gasteiger partial charge in [-0.15, -0.1) is 0 Å². The fourth-order valence-electron chi connectivity index (χ4n) is 2.31. The lowest BCUT2D eigenvalue weighted by Gasteiger charge is -2.22. The number of carbonyl (C=O) groups is 2. The van der Waals surface area contributed by atoms with Crippen molar-refractivity contribution >= 4 is 27.9 Å². The number of hydrogen-bond acceptors (Lipinski definition) is 3. The minimum Gasteiger partial charge on any atom is -0.484 e. The summed E-state index contributed by atoms with van der Waals surface area (Å²) in [5.74, 6) is 0.173. The highest BCUT2D eigenvalue weighted by molar-refractivity contribution is 9.10. The van der Waals surface area contributed by atoms with Gasteiger partial charge in [0, 0.05) is 10.5 Å². The van der Waals surface area contributed by atoms with Crippen LogP contribution in [0, 0.1) is 0 Å². The highest BCUT2D eigenvalue weighted by Gasteiger charge is 2.15. The van der Waals surface area contributed by atoms with Crippen molar-refractivity contribution in [1.82, 2.24) is 16.2 Å². The number of hydrogen-bond donors (Lipinski definition) is 3. The van der Waals surface area contributed by atoms with Crippen molar-refractivity contribution in [2.24, 2.45) is 0 Å². The predicted molar refractivity (Wildman–Crippen MR) is 86.3 cm³/mol. The lowest BCUT2D eigenvalue weighted by atomic mass is 9.96. The Morgan fingerprint density at radius 2 is 1.77 bits per heavy atom. The van der Waals surface area contributed by atoms with Crippen LogP contribution in [0.15, 0.2) is 28.7 Å². The van der Waals surface area contributed by atoms with E-state index >= 15 is 0 Å². The van der Waals surface area contributed by atoms with E-state index < -0.39 is 5.91 Å². The standard InChI is InChI=1S/C15H20BrN3O3/c16-11-6-8-13(9-7-11)22-10-14(20)18-19-15(21)17-12-4-2-1-3-5-12/h6-9,12H,1-5,10H2,(H,18,20)(H2,17,19,21). The van der Waals surface area contributed by atoms with Gasteiger partial charge in [-0.3, -0.25) is 10.2 Å². The summed E-state index contributed by atoms with van der Waals surface area (Å²) in [4.78, 5) is 23.2. The van der Waals surface area contributed by atoms with Crippen LogP contribution >= 0.6 is 15.9 Å². The van der Waals surface area contributed by atoms with Gasteiger partial charge in [0.05, 0.1) is 0 Å². The lowest BCUT2D eigenvalue weighted by Crippen LogP contribution is -2.51. The summed E-state index contributed by atoms with van der Waals surface area (Å²) in [7, 11) is 0. The molecule has 6 nitrogen and oxygen atoms in total. The molecule has 22 heavy (non-hydrogen) atoms. The van der Waals surface area contributed by atoms with Crippen LogP contribution in [-0.2, 0) is 4.79 Å². The maximum absolute atomic E-state index is 11.6. The van der Waals surface area contributed by atoms with E-state index in [2.05, 4.69) is 32.1 Å². The zero-order valence-electron chi connectivity index (χ0n) is 12.2. The summed E-state index contributed by atoms with van der Waals surface area (Å²) in [5.41, 5.74) is 4.66. The first-order chi connectivity index (χ1) is 10.6. The first-order valence-corrected chi connectivity index (χ1v) is 8.16. The molecule has 0 unspecified atom stereocenters. The van der Waals surface area contributed by atoms with Crippen LogP contribution in [0.2, 0.25) is 0 Å². The fourth-order valence-corrected chi connectivity index (χ4v) is 2.58. The van der Waals surface area contributed by atoms with E-state index in [1.54, 1.807) is 12.1 Å². The predicted octanol–water partition coefficient (Wildman–Crippen LogP) is 2.49. The summed E-state index contributed by atoms with van der Waals surface area (Å²) in [5, 5.41) is 2.84. The third kappa shape index (κ3) is 5.93. The molecular weight excluding hydrogens is 350 g/mol. The van der Waals surface area contributed by atoms with E-state index in [4.69, 9.17) is 4.74 Å². The van der Waals surface area contributed by atoms with Gasteiger partial charge >= 0.3 is 6.03 Å². The molecule has 1 saturated carbocycles. The SMILES string of the molecule is O=C(COc1ccc(Br)cc1)NNC(=O)NC1CCCCC1. The van der Waals surface area contributed by atoms with E-state index in [0.717, 1.165) is 30.2 Å². The molecule has 0 bridgehead atoms. The van der Waals surface area contributed by atoms with E-state index in [0.29, 0.717) is 5.75 Å². The Balaban J connectivity index is 1.62. The van der Waals surface area contributed by atoms with E-state index in [-0.39, 0.29) is 18.7 Å². The maximum atomic E-state index is 11.6. The Morgan fingerprint density at radius 3 is 2.45 bits per heavy atom. The molecule has 1 aliphatic rings. The number of urea groups is 1. The Labute approximate surface area is 138 Å². The van der Waals surface area contributed by atoms with Crippen molar-refractivity contribution in [3.8, 4) is 5.75 Å². The average Bonchev–Trinajstić information content (AvgIpc) is 2.53. The molecule has 1 aromatic carbocycles. The molecule has 0 aromatic heterocycles. The normalized spacial score (nSPS) is 15.0. The van der Waals surface area contributed by atoms with Crippen LogP contribution in [0.5, 0.6) is 5.75 Å². The molecule has 1 fully saturated rings. The smallest absolute Gasteiger partial charge is 0.333 e. The van der Waals surface area contributed by atoms with Crippen molar-refractivity contribution in [1.29, 1.82) is 0 Å². The van der Waals surface area contributed by atoms with E-state index in [1.807, 2.05) is 12.1 Å². The van der Waals surface area contributed by atoms with Crippen LogP contribution < -0.4 is 20.9 Å². The molecule has 0 heterocycles. The number of halogens is 1. The van der Waals surface area contributed by atoms with Gasteiger partial charge in [0.15, 0.2) is 6.61 Å². The Hall–Kier alpha value is -1.76. The molecule has 0 atom stereocenters. The van der Waals surface area contributed by atoms with Crippen molar-refractivity contribution in [2.45, 2.75) is 38.1 Å². The van der Waals surface area contributed by atoms with Crippen molar-refractivity contribution < 1.29 is 14.3 Å². The number of rotatable bonds is 4. The zero-order chi connectivity index (χ0) is 15.8. The topological polar surface area (TPSA) is 79.5 Å². The van der Waals surface area contributed by atoms with Crippen LogP contribution in [0.3, 0.4) is 0 Å². The molecule has 3 amide bonds. The van der Waals surface area contributed by atoms with Crippen LogP contribution in [-0.4, -0.2) is 24.6 Å². The van der Waals surface area contributed by atoms with E-state index in [1.165, 1.54) is 6.42 Å². The Bertz CT molecular complexity index is 501. The van der Waals surface area contributed by atoms with Crippen molar-refractivity contribution in [2.75, 3.05) is 6.61 Å². The molecule has 0 radical (unpaired) electrons. The minimum absolute atomic E-state index is 0.161. The third-order valence-electron chi connectivity index (χ3n) is 3.44. The van der Waals surface area contributed by atoms with Crippen LogP contribution in [0.1, 0.15) is 32.1 Å². The Morgan fingerprint density at radius 1 is 1.09 bits per heavy atom. The molecular formula is C15H20BrN3O3. The van der Waals surface area contributed by atoms with Gasteiger partial charge in [-0.25, -0.2) is 10.2 Å². The van der Waals surface area contributed by atoms with Gasteiger partial charge in [0.25, 0.3) is 5.91 Å². The lowest BCUT2D eigenvalue weighted by molar-refractivity contribution is -0.123. The highest BCUT2D eigenvalue weighted by atomic mass is 79.9. The second-order valence-corrected chi connectivity index (χ2v) is 6.14. The summed E-state index contributed by atoms with van der Waals surface area (Å²) >= 11 is 3.32. The summed E-state index contributed by atoms with van der Waals surface area (Å²) in [6.45, 7) is -0.161. The second kappa shape index (κ2) is 8.63. The molecule has 0 aliphatic heterocycles. The molecule has 1 aliphatic carbocycles. The van der Waals surface area contributed by atoms with Gasteiger partial charge < -0.3 is 10.1 Å². The van der Waals surface area contributed by atoms with Crippen molar-refractivity contribution in [3.05, 3.63) is 28.7 Å². The third-order valence-corrected chi connectivity index (χ3v) is 3.97. The highest BCUT2D eigenvalue weighted by Crippen LogP contribution is 2.17. The van der Waals surface area contributed by atoms with E-state index in [9.17, 15) is 9.59 Å². The number of nitrogens with one attached hydrogen (secondary N) is 3. The fraction of sp³-hybridized carbons (Fsp3) is 0.467. The Kier molecular flexibility index (Phi) is 6.51.